The molecule has 1 aliphatic carbocycles. The molecule has 6 nitrogen and oxygen atoms in total. The van der Waals surface area contributed by atoms with E-state index in [1.807, 2.05) is 24.3 Å². The summed E-state index contributed by atoms with van der Waals surface area (Å²) in [5.41, 5.74) is 0.312. The normalized spacial score (nSPS) is 19.0. The Morgan fingerprint density at radius 3 is 2.73 bits per heavy atom. The highest BCUT2D eigenvalue weighted by Crippen LogP contribution is 2.28. The maximum Gasteiger partial charge on any atom is 0.338 e. The first-order valence-electron chi connectivity index (χ1n) is 8.90. The van der Waals surface area contributed by atoms with Gasteiger partial charge in [-0.05, 0) is 31.9 Å². The molecule has 1 heterocycles. The summed E-state index contributed by atoms with van der Waals surface area (Å²) in [6, 6.07) is 9.62. The SMILES string of the molecule is C[C@H](OC(=O)C1=Cc2ccccc2OC1)C(=O)NC1(C#N)CCCCC1. The molecular formula is C20H22N2O4. The molecule has 2 aliphatic rings. The summed E-state index contributed by atoms with van der Waals surface area (Å²) in [7, 11) is 0. The van der Waals surface area contributed by atoms with Crippen LogP contribution in [0.3, 0.4) is 0 Å². The molecule has 1 saturated carbocycles. The van der Waals surface area contributed by atoms with Crippen molar-refractivity contribution >= 4 is 18.0 Å². The lowest BCUT2D eigenvalue weighted by atomic mass is 9.83. The van der Waals surface area contributed by atoms with Crippen LogP contribution in [-0.4, -0.2) is 30.1 Å². The zero-order valence-corrected chi connectivity index (χ0v) is 14.8. The van der Waals surface area contributed by atoms with Gasteiger partial charge < -0.3 is 14.8 Å². The Morgan fingerprint density at radius 1 is 1.27 bits per heavy atom. The van der Waals surface area contributed by atoms with Crippen molar-refractivity contribution in [2.45, 2.75) is 50.7 Å². The van der Waals surface area contributed by atoms with Gasteiger partial charge in [-0.15, -0.1) is 0 Å². The van der Waals surface area contributed by atoms with Crippen molar-refractivity contribution in [1.29, 1.82) is 5.26 Å². The van der Waals surface area contributed by atoms with Gasteiger partial charge in [0.05, 0.1) is 11.6 Å². The summed E-state index contributed by atoms with van der Waals surface area (Å²) >= 11 is 0. The summed E-state index contributed by atoms with van der Waals surface area (Å²) in [5, 5.41) is 12.2. The highest BCUT2D eigenvalue weighted by molar-refractivity contribution is 5.97. The van der Waals surface area contributed by atoms with E-state index in [9.17, 15) is 14.9 Å². The van der Waals surface area contributed by atoms with Crippen LogP contribution in [0.1, 0.15) is 44.6 Å². The number of hydrogen-bond acceptors (Lipinski definition) is 5. The first-order chi connectivity index (χ1) is 12.5. The van der Waals surface area contributed by atoms with E-state index in [2.05, 4.69) is 11.4 Å². The topological polar surface area (TPSA) is 88.4 Å². The number of fused-ring (bicyclic) bond motifs is 1. The van der Waals surface area contributed by atoms with Gasteiger partial charge in [-0.25, -0.2) is 4.79 Å². The van der Waals surface area contributed by atoms with Gasteiger partial charge in [0.1, 0.15) is 17.9 Å². The quantitative estimate of drug-likeness (QED) is 0.840. The van der Waals surface area contributed by atoms with Crippen LogP contribution in [0, 0.1) is 11.3 Å². The molecule has 136 valence electrons. The zero-order valence-electron chi connectivity index (χ0n) is 14.8. The summed E-state index contributed by atoms with van der Waals surface area (Å²) in [4.78, 5) is 24.8. The fourth-order valence-electron chi connectivity index (χ4n) is 3.28. The molecule has 26 heavy (non-hydrogen) atoms. The molecule has 6 heteroatoms. The molecule has 0 radical (unpaired) electrons. The Morgan fingerprint density at radius 2 is 2.00 bits per heavy atom. The van der Waals surface area contributed by atoms with Crippen LogP contribution < -0.4 is 10.1 Å². The molecule has 0 unspecified atom stereocenters. The first kappa shape index (κ1) is 18.0. The number of amides is 1. The Labute approximate surface area is 152 Å². The molecule has 1 N–H and O–H groups in total. The van der Waals surface area contributed by atoms with Crippen molar-refractivity contribution in [3.63, 3.8) is 0 Å². The molecule has 0 aromatic heterocycles. The fraction of sp³-hybridized carbons (Fsp3) is 0.450. The van der Waals surface area contributed by atoms with E-state index >= 15 is 0 Å². The summed E-state index contributed by atoms with van der Waals surface area (Å²) in [5.74, 6) is -0.320. The number of para-hydroxylation sites is 1. The van der Waals surface area contributed by atoms with E-state index in [1.54, 1.807) is 6.08 Å². The second kappa shape index (κ2) is 7.61. The maximum atomic E-state index is 12.4. The minimum absolute atomic E-state index is 0.103. The van der Waals surface area contributed by atoms with Crippen molar-refractivity contribution < 1.29 is 19.1 Å². The minimum atomic E-state index is -0.979. The Bertz CT molecular complexity index is 772. The molecule has 3 rings (SSSR count). The molecule has 0 spiro atoms. The van der Waals surface area contributed by atoms with E-state index in [4.69, 9.17) is 9.47 Å². The summed E-state index contributed by atoms with van der Waals surface area (Å²) in [6.07, 6.45) is 4.88. The number of nitriles is 1. The average molecular weight is 354 g/mol. The first-order valence-corrected chi connectivity index (χ1v) is 8.90. The lowest BCUT2D eigenvalue weighted by Crippen LogP contribution is -2.52. The standard InChI is InChI=1S/C20H22N2O4/c1-14(18(23)22-20(13-21)9-5-2-6-10-20)26-19(24)16-11-15-7-3-4-8-17(15)25-12-16/h3-4,7-8,11,14H,2,5-6,9-10,12H2,1H3,(H,22,23)/t14-/m0/s1. The fourth-order valence-corrected chi connectivity index (χ4v) is 3.28. The van der Waals surface area contributed by atoms with Gasteiger partial charge >= 0.3 is 5.97 Å². The van der Waals surface area contributed by atoms with Crippen molar-refractivity contribution in [3.8, 4) is 11.8 Å². The van der Waals surface area contributed by atoms with Crippen LogP contribution in [-0.2, 0) is 14.3 Å². The molecule has 0 bridgehead atoms. The van der Waals surface area contributed by atoms with Crippen LogP contribution in [0.4, 0.5) is 0 Å². The van der Waals surface area contributed by atoms with Gasteiger partial charge in [0.2, 0.25) is 0 Å². The van der Waals surface area contributed by atoms with Gasteiger partial charge in [-0.3, -0.25) is 4.79 Å². The van der Waals surface area contributed by atoms with Crippen molar-refractivity contribution in [2.75, 3.05) is 6.61 Å². The smallest absolute Gasteiger partial charge is 0.338 e. The van der Waals surface area contributed by atoms with Crippen LogP contribution >= 0.6 is 0 Å². The summed E-state index contributed by atoms with van der Waals surface area (Å²) in [6.45, 7) is 1.62. The van der Waals surface area contributed by atoms with Crippen LogP contribution in [0.2, 0.25) is 0 Å². The highest BCUT2D eigenvalue weighted by atomic mass is 16.6. The Kier molecular flexibility index (Phi) is 5.27. The van der Waals surface area contributed by atoms with Crippen LogP contribution in [0.25, 0.3) is 6.08 Å². The molecule has 0 saturated heterocycles. The van der Waals surface area contributed by atoms with Crippen molar-refractivity contribution in [3.05, 3.63) is 35.4 Å². The molecule has 1 amide bonds. The van der Waals surface area contributed by atoms with Crippen molar-refractivity contribution in [2.24, 2.45) is 0 Å². The predicted octanol–water partition coefficient (Wildman–Crippen LogP) is 2.74. The predicted molar refractivity (Wildman–Crippen MR) is 95.0 cm³/mol. The number of carbonyl (C=O) groups excluding carboxylic acids is 2. The molecule has 1 fully saturated rings. The molecule has 1 aliphatic heterocycles. The number of rotatable bonds is 4. The van der Waals surface area contributed by atoms with Gasteiger partial charge in [0, 0.05) is 5.56 Å². The third-order valence-electron chi connectivity index (χ3n) is 4.83. The Balaban J connectivity index is 1.62. The third kappa shape index (κ3) is 3.88. The number of carbonyl (C=O) groups is 2. The van der Waals surface area contributed by atoms with Crippen molar-refractivity contribution in [1.82, 2.24) is 5.32 Å². The Hall–Kier alpha value is -2.81. The molecule has 1 aromatic rings. The minimum Gasteiger partial charge on any atom is -0.488 e. The van der Waals surface area contributed by atoms with Gasteiger partial charge in [0.25, 0.3) is 5.91 Å². The number of nitrogens with zero attached hydrogens (tertiary/aromatic N) is 1. The highest BCUT2D eigenvalue weighted by Gasteiger charge is 2.35. The van der Waals surface area contributed by atoms with E-state index in [0.717, 1.165) is 24.8 Å². The van der Waals surface area contributed by atoms with E-state index in [1.165, 1.54) is 6.92 Å². The van der Waals surface area contributed by atoms with Crippen LogP contribution in [0.15, 0.2) is 29.8 Å². The third-order valence-corrected chi connectivity index (χ3v) is 4.83. The van der Waals surface area contributed by atoms with E-state index in [-0.39, 0.29) is 6.61 Å². The molecule has 1 aromatic carbocycles. The zero-order chi connectivity index (χ0) is 18.6. The van der Waals surface area contributed by atoms with Crippen LogP contribution in [0.5, 0.6) is 5.75 Å². The number of benzene rings is 1. The largest absolute Gasteiger partial charge is 0.488 e. The number of nitrogens with one attached hydrogen (secondary N) is 1. The molecule has 1 atom stereocenters. The second-order valence-corrected chi connectivity index (χ2v) is 6.79. The second-order valence-electron chi connectivity index (χ2n) is 6.79. The van der Waals surface area contributed by atoms with Gasteiger partial charge in [0.15, 0.2) is 6.10 Å². The summed E-state index contributed by atoms with van der Waals surface area (Å²) < 4.78 is 10.8. The van der Waals surface area contributed by atoms with E-state index < -0.39 is 23.5 Å². The lowest BCUT2D eigenvalue weighted by molar-refractivity contribution is -0.152. The molecular weight excluding hydrogens is 332 g/mol. The number of esters is 1. The average Bonchev–Trinajstić information content (AvgIpc) is 2.68. The van der Waals surface area contributed by atoms with Gasteiger partial charge in [-0.2, -0.15) is 5.26 Å². The monoisotopic (exact) mass is 354 g/mol. The maximum absolute atomic E-state index is 12.4. The van der Waals surface area contributed by atoms with Gasteiger partial charge in [-0.1, -0.05) is 37.5 Å². The number of ether oxygens (including phenoxy) is 2. The van der Waals surface area contributed by atoms with E-state index in [0.29, 0.717) is 24.2 Å². The lowest BCUT2D eigenvalue weighted by Gasteiger charge is -2.32. The number of hydrogen-bond donors (Lipinski definition) is 1.